The zero-order valence-electron chi connectivity index (χ0n) is 14.0. The number of nitro groups is 1. The molecule has 0 aliphatic rings. The summed E-state index contributed by atoms with van der Waals surface area (Å²) in [4.78, 5) is 41.8. The molecular formula is C15H14ClN5O5S. The van der Waals surface area contributed by atoms with Gasteiger partial charge in [-0.3, -0.25) is 14.9 Å². The molecule has 0 saturated carbocycles. The topological polar surface area (TPSA) is 150 Å². The van der Waals surface area contributed by atoms with Crippen LogP contribution < -0.4 is 11.1 Å². The maximum atomic E-state index is 12.0. The summed E-state index contributed by atoms with van der Waals surface area (Å²) in [6.07, 6.45) is 1.23. The molecule has 12 heteroatoms. The van der Waals surface area contributed by atoms with Crippen LogP contribution in [0.25, 0.3) is 0 Å². The summed E-state index contributed by atoms with van der Waals surface area (Å²) in [5, 5.41) is 13.5. The molecule has 10 nitrogen and oxygen atoms in total. The van der Waals surface area contributed by atoms with Crippen molar-refractivity contribution < 1.29 is 19.2 Å². The summed E-state index contributed by atoms with van der Waals surface area (Å²) in [6.45, 7) is 1.85. The number of halogens is 1. The molecule has 2 rings (SSSR count). The first-order valence-corrected chi connectivity index (χ1v) is 8.84. The van der Waals surface area contributed by atoms with Crippen LogP contribution in [-0.4, -0.2) is 39.1 Å². The van der Waals surface area contributed by atoms with Gasteiger partial charge in [0, 0.05) is 18.0 Å². The van der Waals surface area contributed by atoms with Crippen molar-refractivity contribution in [2.24, 2.45) is 0 Å². The van der Waals surface area contributed by atoms with Crippen LogP contribution in [0.5, 0.6) is 0 Å². The van der Waals surface area contributed by atoms with Crippen molar-refractivity contribution in [3.63, 3.8) is 0 Å². The van der Waals surface area contributed by atoms with Gasteiger partial charge in [0.25, 0.3) is 5.69 Å². The monoisotopic (exact) mass is 411 g/mol. The lowest BCUT2D eigenvalue weighted by atomic mass is 10.3. The summed E-state index contributed by atoms with van der Waals surface area (Å²) in [5.74, 6) is -1.20. The maximum absolute atomic E-state index is 12.0. The molecular weight excluding hydrogens is 398 g/mol. The van der Waals surface area contributed by atoms with E-state index in [2.05, 4.69) is 15.3 Å². The molecule has 1 heterocycles. The minimum absolute atomic E-state index is 0.0297. The number of carbonyl (C=O) groups excluding carboxylic acids is 2. The number of anilines is 2. The third-order valence-electron chi connectivity index (χ3n) is 3.05. The van der Waals surface area contributed by atoms with Crippen molar-refractivity contribution in [3.05, 3.63) is 45.1 Å². The maximum Gasteiger partial charge on any atom is 0.343 e. The Morgan fingerprint density at radius 3 is 2.81 bits per heavy atom. The number of nitrogens with two attached hydrogens (primary N) is 1. The summed E-state index contributed by atoms with van der Waals surface area (Å²) in [6, 6.07) is 3.93. The van der Waals surface area contributed by atoms with Crippen LogP contribution in [0.15, 0.2) is 29.6 Å². The first-order valence-electron chi connectivity index (χ1n) is 7.48. The summed E-state index contributed by atoms with van der Waals surface area (Å²) in [7, 11) is 0. The summed E-state index contributed by atoms with van der Waals surface area (Å²) in [5.41, 5.74) is 5.66. The predicted molar refractivity (Wildman–Crippen MR) is 99.9 cm³/mol. The SMILES string of the molecule is CCOC(=O)c1cnc(SCC(=O)Nc2ccc(Cl)c([N+](=O)[O-])c2)nc1N. The van der Waals surface area contributed by atoms with Crippen LogP contribution >= 0.6 is 23.4 Å². The van der Waals surface area contributed by atoms with Gasteiger partial charge in [0.05, 0.1) is 17.3 Å². The van der Waals surface area contributed by atoms with Gasteiger partial charge in [0.2, 0.25) is 5.91 Å². The lowest BCUT2D eigenvalue weighted by Gasteiger charge is -2.07. The molecule has 1 aromatic heterocycles. The number of esters is 1. The average Bonchev–Trinajstić information content (AvgIpc) is 2.61. The number of rotatable bonds is 7. The highest BCUT2D eigenvalue weighted by atomic mass is 35.5. The molecule has 0 aliphatic carbocycles. The Morgan fingerprint density at radius 1 is 1.44 bits per heavy atom. The second-order valence-corrected chi connectivity index (χ2v) is 6.28. The molecule has 2 aromatic rings. The molecule has 0 saturated heterocycles. The fourth-order valence-electron chi connectivity index (χ4n) is 1.87. The molecule has 0 radical (unpaired) electrons. The zero-order chi connectivity index (χ0) is 20.0. The number of nitrogens with one attached hydrogen (secondary N) is 1. The minimum atomic E-state index is -0.644. The lowest BCUT2D eigenvalue weighted by molar-refractivity contribution is -0.384. The van der Waals surface area contributed by atoms with Gasteiger partial charge in [-0.05, 0) is 19.1 Å². The van der Waals surface area contributed by atoms with Gasteiger partial charge in [0.15, 0.2) is 5.16 Å². The Labute approximate surface area is 162 Å². The highest BCUT2D eigenvalue weighted by Gasteiger charge is 2.16. The zero-order valence-corrected chi connectivity index (χ0v) is 15.5. The predicted octanol–water partition coefficient (Wildman–Crippen LogP) is 2.53. The minimum Gasteiger partial charge on any atom is -0.462 e. The third-order valence-corrected chi connectivity index (χ3v) is 4.23. The molecule has 0 spiro atoms. The van der Waals surface area contributed by atoms with E-state index in [9.17, 15) is 19.7 Å². The first-order chi connectivity index (χ1) is 12.8. The Bertz CT molecular complexity index is 895. The van der Waals surface area contributed by atoms with Gasteiger partial charge < -0.3 is 15.8 Å². The Balaban J connectivity index is 1.98. The number of nitrogens with zero attached hydrogens (tertiary/aromatic N) is 3. The van der Waals surface area contributed by atoms with Gasteiger partial charge in [-0.1, -0.05) is 23.4 Å². The fraction of sp³-hybridized carbons (Fsp3) is 0.200. The van der Waals surface area contributed by atoms with Gasteiger partial charge in [-0.15, -0.1) is 0 Å². The second-order valence-electron chi connectivity index (χ2n) is 4.93. The van der Waals surface area contributed by atoms with Crippen LogP contribution in [0.4, 0.5) is 17.2 Å². The first kappa shape index (κ1) is 20.4. The standard InChI is InChI=1S/C15H14ClN5O5S/c1-2-26-14(23)9-6-18-15(20-13(9)17)27-7-12(22)19-8-3-4-10(16)11(5-8)21(24)25/h3-6H,2,7H2,1H3,(H,19,22)(H2,17,18,20). The molecule has 1 aromatic carbocycles. The number of nitro benzene ring substituents is 1. The molecule has 142 valence electrons. The highest BCUT2D eigenvalue weighted by molar-refractivity contribution is 7.99. The highest BCUT2D eigenvalue weighted by Crippen LogP contribution is 2.27. The lowest BCUT2D eigenvalue weighted by Crippen LogP contribution is -2.15. The van der Waals surface area contributed by atoms with Gasteiger partial charge in [-0.25, -0.2) is 14.8 Å². The van der Waals surface area contributed by atoms with Gasteiger partial charge >= 0.3 is 5.97 Å². The van der Waals surface area contributed by atoms with E-state index >= 15 is 0 Å². The van der Waals surface area contributed by atoms with Crippen molar-refractivity contribution in [2.75, 3.05) is 23.4 Å². The smallest absolute Gasteiger partial charge is 0.343 e. The molecule has 0 atom stereocenters. The number of benzene rings is 1. The van der Waals surface area contributed by atoms with Crippen molar-refractivity contribution in [3.8, 4) is 0 Å². The molecule has 0 fully saturated rings. The summed E-state index contributed by atoms with van der Waals surface area (Å²) < 4.78 is 4.82. The van der Waals surface area contributed by atoms with E-state index in [0.29, 0.717) is 0 Å². The quantitative estimate of drug-likeness (QED) is 0.230. The second kappa shape index (κ2) is 9.14. The van der Waals surface area contributed by atoms with Crippen LogP contribution in [0, 0.1) is 10.1 Å². The van der Waals surface area contributed by atoms with Gasteiger partial charge in [0.1, 0.15) is 16.4 Å². The van der Waals surface area contributed by atoms with Crippen molar-refractivity contribution in [1.29, 1.82) is 0 Å². The normalized spacial score (nSPS) is 10.3. The van der Waals surface area contributed by atoms with Crippen LogP contribution in [0.3, 0.4) is 0 Å². The van der Waals surface area contributed by atoms with Crippen LogP contribution in [-0.2, 0) is 9.53 Å². The van der Waals surface area contributed by atoms with Crippen molar-refractivity contribution in [2.45, 2.75) is 12.1 Å². The number of hydrogen-bond acceptors (Lipinski definition) is 9. The fourth-order valence-corrected chi connectivity index (χ4v) is 2.68. The number of amides is 1. The number of ether oxygens (including phenoxy) is 1. The summed E-state index contributed by atoms with van der Waals surface area (Å²) >= 11 is 6.70. The Hall–Kier alpha value is -2.92. The van der Waals surface area contributed by atoms with E-state index in [1.807, 2.05) is 0 Å². The van der Waals surface area contributed by atoms with E-state index in [4.69, 9.17) is 22.1 Å². The number of carbonyl (C=O) groups is 2. The Kier molecular flexibility index (Phi) is 6.91. The number of hydrogen-bond donors (Lipinski definition) is 2. The number of nitrogen functional groups attached to an aromatic ring is 1. The molecule has 1 amide bonds. The molecule has 0 unspecified atom stereocenters. The largest absolute Gasteiger partial charge is 0.462 e. The molecule has 27 heavy (non-hydrogen) atoms. The van der Waals surface area contributed by atoms with E-state index in [0.717, 1.165) is 17.8 Å². The number of aromatic nitrogens is 2. The Morgan fingerprint density at radius 2 is 2.19 bits per heavy atom. The van der Waals surface area contributed by atoms with Crippen molar-refractivity contribution >= 4 is 52.4 Å². The van der Waals surface area contributed by atoms with Crippen LogP contribution in [0.2, 0.25) is 5.02 Å². The van der Waals surface area contributed by atoms with E-state index in [1.165, 1.54) is 18.3 Å². The number of thioether (sulfide) groups is 1. The van der Waals surface area contributed by atoms with E-state index in [1.54, 1.807) is 6.92 Å². The van der Waals surface area contributed by atoms with Gasteiger partial charge in [-0.2, -0.15) is 0 Å². The average molecular weight is 412 g/mol. The third kappa shape index (κ3) is 5.53. The van der Waals surface area contributed by atoms with E-state index < -0.39 is 16.8 Å². The van der Waals surface area contributed by atoms with Crippen molar-refractivity contribution in [1.82, 2.24) is 9.97 Å². The molecule has 0 bridgehead atoms. The molecule has 0 aliphatic heterocycles. The van der Waals surface area contributed by atoms with E-state index in [-0.39, 0.29) is 45.3 Å². The molecule has 3 N–H and O–H groups in total. The van der Waals surface area contributed by atoms with Crippen LogP contribution in [0.1, 0.15) is 17.3 Å².